The molecule has 222 valence electrons. The second-order valence-corrected chi connectivity index (χ2v) is 13.1. The third kappa shape index (κ3) is 7.63. The highest BCUT2D eigenvalue weighted by atomic mass is 16.7. The Kier molecular flexibility index (Phi) is 9.09. The maximum atomic E-state index is 13.6. The van der Waals surface area contributed by atoms with E-state index in [2.05, 4.69) is 0 Å². The molecule has 0 atom stereocenters. The average molecular weight is 565 g/mol. The van der Waals surface area contributed by atoms with E-state index in [1.807, 2.05) is 109 Å². The lowest BCUT2D eigenvalue weighted by molar-refractivity contribution is -0.132. The van der Waals surface area contributed by atoms with Gasteiger partial charge in [0, 0.05) is 31.7 Å². The lowest BCUT2D eigenvalue weighted by Crippen LogP contribution is -2.48. The SMILES string of the molecule is CN(C(=O)Cc1cc(B2OC(C)(C)C(C)(C)O2)ccc1OCc1ccccc1)C1CCN(C(=O)OC(C)(C)C)CC1. The number of carbonyl (C=O) groups is 2. The zero-order valence-electron chi connectivity index (χ0n) is 25.9. The number of hydrogen-bond donors (Lipinski definition) is 0. The average Bonchev–Trinajstić information content (AvgIpc) is 3.13. The van der Waals surface area contributed by atoms with Gasteiger partial charge in [0.05, 0.1) is 17.6 Å². The zero-order chi connectivity index (χ0) is 30.0. The van der Waals surface area contributed by atoms with Crippen molar-refractivity contribution in [3.05, 3.63) is 59.7 Å². The largest absolute Gasteiger partial charge is 0.494 e. The van der Waals surface area contributed by atoms with Gasteiger partial charge in [0.15, 0.2) is 0 Å². The third-order valence-electron chi connectivity index (χ3n) is 8.25. The van der Waals surface area contributed by atoms with Gasteiger partial charge in [-0.1, -0.05) is 42.5 Å². The van der Waals surface area contributed by atoms with Crippen molar-refractivity contribution in [2.24, 2.45) is 0 Å². The van der Waals surface area contributed by atoms with E-state index in [4.69, 9.17) is 18.8 Å². The van der Waals surface area contributed by atoms with Gasteiger partial charge in [0.25, 0.3) is 0 Å². The molecule has 2 aliphatic heterocycles. The van der Waals surface area contributed by atoms with Crippen LogP contribution in [-0.4, -0.2) is 71.9 Å². The van der Waals surface area contributed by atoms with Gasteiger partial charge in [-0.15, -0.1) is 0 Å². The summed E-state index contributed by atoms with van der Waals surface area (Å²) in [5, 5.41) is 0. The molecule has 4 rings (SSSR count). The van der Waals surface area contributed by atoms with E-state index >= 15 is 0 Å². The van der Waals surface area contributed by atoms with Gasteiger partial charge in [0.2, 0.25) is 5.91 Å². The molecule has 2 aromatic rings. The number of amides is 2. The summed E-state index contributed by atoms with van der Waals surface area (Å²) in [7, 11) is 1.31. The van der Waals surface area contributed by atoms with E-state index in [1.54, 1.807) is 4.90 Å². The van der Waals surface area contributed by atoms with Crippen LogP contribution < -0.4 is 10.2 Å². The molecule has 0 spiro atoms. The van der Waals surface area contributed by atoms with Crippen LogP contribution in [0.5, 0.6) is 5.75 Å². The number of hydrogen-bond acceptors (Lipinski definition) is 6. The summed E-state index contributed by atoms with van der Waals surface area (Å²) in [5.74, 6) is 0.659. The van der Waals surface area contributed by atoms with Gasteiger partial charge in [-0.2, -0.15) is 0 Å². The first-order valence-electron chi connectivity index (χ1n) is 14.5. The van der Waals surface area contributed by atoms with Crippen LogP contribution in [-0.2, 0) is 31.9 Å². The Hall–Kier alpha value is -3.04. The predicted octanol–water partition coefficient (Wildman–Crippen LogP) is 4.97. The van der Waals surface area contributed by atoms with Gasteiger partial charge in [-0.05, 0) is 78.4 Å². The monoisotopic (exact) mass is 564 g/mol. The molecular formula is C32H45BN2O6. The van der Waals surface area contributed by atoms with E-state index in [9.17, 15) is 9.59 Å². The van der Waals surface area contributed by atoms with Crippen LogP contribution in [0.15, 0.2) is 48.5 Å². The van der Waals surface area contributed by atoms with Crippen molar-refractivity contribution in [3.8, 4) is 5.75 Å². The molecule has 2 aliphatic rings. The van der Waals surface area contributed by atoms with Gasteiger partial charge >= 0.3 is 13.2 Å². The van der Waals surface area contributed by atoms with Crippen molar-refractivity contribution >= 4 is 24.6 Å². The fourth-order valence-electron chi connectivity index (χ4n) is 4.99. The van der Waals surface area contributed by atoms with E-state index in [-0.39, 0.29) is 24.5 Å². The summed E-state index contributed by atoms with van der Waals surface area (Å²) in [6.45, 7) is 15.2. The fraction of sp³-hybridized carbons (Fsp3) is 0.562. The summed E-state index contributed by atoms with van der Waals surface area (Å²) in [5.41, 5.74) is 1.22. The van der Waals surface area contributed by atoms with Crippen molar-refractivity contribution in [2.45, 2.75) is 97.2 Å². The lowest BCUT2D eigenvalue weighted by Gasteiger charge is -2.37. The van der Waals surface area contributed by atoms with Crippen molar-refractivity contribution in [1.82, 2.24) is 9.80 Å². The molecule has 9 heteroatoms. The molecule has 0 aromatic heterocycles. The van der Waals surface area contributed by atoms with Crippen molar-refractivity contribution in [3.63, 3.8) is 0 Å². The zero-order valence-corrected chi connectivity index (χ0v) is 25.9. The molecule has 0 saturated carbocycles. The number of ether oxygens (including phenoxy) is 2. The molecule has 0 bridgehead atoms. The summed E-state index contributed by atoms with van der Waals surface area (Å²) in [6, 6.07) is 15.8. The molecule has 2 heterocycles. The predicted molar refractivity (Wildman–Crippen MR) is 160 cm³/mol. The number of likely N-dealkylation sites (N-methyl/N-ethyl adjacent to an activating group) is 1. The smallest absolute Gasteiger partial charge is 0.489 e. The number of likely N-dealkylation sites (tertiary alicyclic amines) is 1. The number of benzene rings is 2. The van der Waals surface area contributed by atoms with Gasteiger partial charge < -0.3 is 28.6 Å². The summed E-state index contributed by atoms with van der Waals surface area (Å²) in [4.78, 5) is 29.6. The van der Waals surface area contributed by atoms with E-state index in [1.165, 1.54) is 0 Å². The Morgan fingerprint density at radius 2 is 1.61 bits per heavy atom. The Morgan fingerprint density at radius 1 is 1.00 bits per heavy atom. The first kappa shape index (κ1) is 30.9. The van der Waals surface area contributed by atoms with Crippen molar-refractivity contribution in [2.75, 3.05) is 20.1 Å². The summed E-state index contributed by atoms with van der Waals surface area (Å²) >= 11 is 0. The first-order valence-corrected chi connectivity index (χ1v) is 14.5. The minimum atomic E-state index is -0.535. The van der Waals surface area contributed by atoms with Crippen LogP contribution in [0.4, 0.5) is 4.79 Å². The quantitative estimate of drug-likeness (QED) is 0.443. The topological polar surface area (TPSA) is 77.5 Å². The highest BCUT2D eigenvalue weighted by Gasteiger charge is 2.51. The van der Waals surface area contributed by atoms with Crippen LogP contribution >= 0.6 is 0 Å². The second kappa shape index (κ2) is 12.1. The third-order valence-corrected chi connectivity index (χ3v) is 8.25. The number of nitrogens with zero attached hydrogens (tertiary/aromatic N) is 2. The molecule has 0 radical (unpaired) electrons. The van der Waals surface area contributed by atoms with Crippen LogP contribution in [0.1, 0.15) is 72.4 Å². The molecule has 2 saturated heterocycles. The Bertz CT molecular complexity index is 1200. The minimum absolute atomic E-state index is 0.00338. The Morgan fingerprint density at radius 3 is 2.20 bits per heavy atom. The molecule has 2 amide bonds. The van der Waals surface area contributed by atoms with Gasteiger partial charge in [-0.25, -0.2) is 4.79 Å². The van der Waals surface area contributed by atoms with Gasteiger partial charge in [0.1, 0.15) is 18.0 Å². The Balaban J connectivity index is 1.47. The molecule has 0 N–H and O–H groups in total. The van der Waals surface area contributed by atoms with E-state index in [0.717, 1.165) is 16.6 Å². The van der Waals surface area contributed by atoms with Crippen LogP contribution in [0.2, 0.25) is 0 Å². The number of carbonyl (C=O) groups excluding carboxylic acids is 2. The number of piperidine rings is 1. The molecule has 2 fully saturated rings. The highest BCUT2D eigenvalue weighted by molar-refractivity contribution is 6.62. The molecule has 41 heavy (non-hydrogen) atoms. The van der Waals surface area contributed by atoms with Crippen molar-refractivity contribution < 1.29 is 28.4 Å². The van der Waals surface area contributed by atoms with E-state index < -0.39 is 23.9 Å². The molecule has 2 aromatic carbocycles. The van der Waals surface area contributed by atoms with E-state index in [0.29, 0.717) is 38.3 Å². The first-order chi connectivity index (χ1) is 19.1. The second-order valence-electron chi connectivity index (χ2n) is 13.1. The van der Waals surface area contributed by atoms with Crippen molar-refractivity contribution in [1.29, 1.82) is 0 Å². The summed E-state index contributed by atoms with van der Waals surface area (Å²) < 4.78 is 24.3. The Labute approximate surface area is 245 Å². The minimum Gasteiger partial charge on any atom is -0.489 e. The molecule has 0 aliphatic carbocycles. The summed E-state index contributed by atoms with van der Waals surface area (Å²) in [6.07, 6.45) is 1.28. The normalized spacial score (nSPS) is 18.7. The molecule has 8 nitrogen and oxygen atoms in total. The van der Waals surface area contributed by atoms with Crippen LogP contribution in [0.3, 0.4) is 0 Å². The molecular weight excluding hydrogens is 519 g/mol. The van der Waals surface area contributed by atoms with Crippen LogP contribution in [0, 0.1) is 0 Å². The highest BCUT2D eigenvalue weighted by Crippen LogP contribution is 2.37. The maximum absolute atomic E-state index is 13.6. The van der Waals surface area contributed by atoms with Crippen LogP contribution in [0.25, 0.3) is 0 Å². The van der Waals surface area contributed by atoms with Gasteiger partial charge in [-0.3, -0.25) is 4.79 Å². The maximum Gasteiger partial charge on any atom is 0.494 e. The lowest BCUT2D eigenvalue weighted by atomic mass is 9.78. The standard InChI is InChI=1S/C32H45BN2O6/c1-30(2,3)39-29(37)35-18-16-26(17-19-35)34(8)28(36)21-24-20-25(33-40-31(4,5)32(6,7)41-33)14-15-27(24)38-22-23-12-10-9-11-13-23/h9-15,20,26H,16-19,21-22H2,1-8H3. The molecule has 0 unspecified atom stereocenters. The number of rotatable bonds is 7. The fourth-order valence-corrected chi connectivity index (χ4v) is 4.99.